The summed E-state index contributed by atoms with van der Waals surface area (Å²) in [6.07, 6.45) is -0.761. The highest BCUT2D eigenvalue weighted by atomic mass is 32.2. The fraction of sp³-hybridized carbons (Fsp3) is 0.429. The summed E-state index contributed by atoms with van der Waals surface area (Å²) in [5, 5.41) is 0. The Balaban J connectivity index is 2.65. The molecule has 0 spiro atoms. The normalized spacial score (nSPS) is 13.1. The summed E-state index contributed by atoms with van der Waals surface area (Å²) in [7, 11) is -7.25. The van der Waals surface area contributed by atoms with Gasteiger partial charge in [-0.3, -0.25) is 4.79 Å². The minimum atomic E-state index is -3.65. The topological polar surface area (TPSA) is 121 Å². The number of carbonyl (C=O) groups excluding carboxylic acids is 2. The summed E-state index contributed by atoms with van der Waals surface area (Å²) in [6.45, 7) is 1.25. The van der Waals surface area contributed by atoms with Crippen LogP contribution in [-0.2, 0) is 38.7 Å². The van der Waals surface area contributed by atoms with E-state index in [1.54, 1.807) is 12.1 Å². The Bertz CT molecular complexity index is 779. The van der Waals surface area contributed by atoms with Crippen molar-refractivity contribution >= 4 is 32.1 Å². The summed E-state index contributed by atoms with van der Waals surface area (Å²) in [5.41, 5.74) is 0.898. The van der Waals surface area contributed by atoms with Crippen LogP contribution in [-0.4, -0.2) is 59.7 Å². The molecular formula is C14H18O8S2. The van der Waals surface area contributed by atoms with Gasteiger partial charge in [-0.1, -0.05) is 17.7 Å². The van der Waals surface area contributed by atoms with Gasteiger partial charge in [0, 0.05) is 6.26 Å². The summed E-state index contributed by atoms with van der Waals surface area (Å²) >= 11 is 0. The largest absolute Gasteiger partial charge is 0.462 e. The highest BCUT2D eigenvalue weighted by Gasteiger charge is 2.27. The molecule has 1 rings (SSSR count). The lowest BCUT2D eigenvalue weighted by Crippen LogP contribution is -2.34. The highest BCUT2D eigenvalue weighted by Crippen LogP contribution is 2.12. The molecule has 1 unspecified atom stereocenters. The number of hydrogen-bond donors (Lipinski definition) is 0. The molecule has 0 heterocycles. The molecule has 0 aliphatic heterocycles. The molecule has 1 aromatic carbocycles. The third-order valence-electron chi connectivity index (χ3n) is 2.91. The van der Waals surface area contributed by atoms with Gasteiger partial charge in [0.1, 0.15) is 6.61 Å². The van der Waals surface area contributed by atoms with Crippen LogP contribution in [0, 0.1) is 6.92 Å². The number of benzene rings is 1. The van der Waals surface area contributed by atoms with Gasteiger partial charge < -0.3 is 9.47 Å². The Morgan fingerprint density at radius 2 is 1.75 bits per heavy atom. The molecule has 0 saturated carbocycles. The second-order valence-corrected chi connectivity index (χ2v) is 9.41. The summed E-state index contributed by atoms with van der Waals surface area (Å²) in [5.74, 6) is -2.34. The number of esters is 1. The van der Waals surface area contributed by atoms with Crippen LogP contribution in [0.15, 0.2) is 29.2 Å². The van der Waals surface area contributed by atoms with Gasteiger partial charge in [-0.2, -0.15) is 0 Å². The second kappa shape index (κ2) is 8.25. The maximum Gasteiger partial charge on any atom is 0.348 e. The molecular weight excluding hydrogens is 360 g/mol. The molecule has 0 bridgehead atoms. The average Bonchev–Trinajstić information content (AvgIpc) is 2.45. The van der Waals surface area contributed by atoms with E-state index >= 15 is 0 Å². The van der Waals surface area contributed by atoms with E-state index in [0.29, 0.717) is 0 Å². The molecule has 0 radical (unpaired) electrons. The molecule has 1 atom stereocenters. The Morgan fingerprint density at radius 1 is 1.17 bits per heavy atom. The van der Waals surface area contributed by atoms with Crippen LogP contribution in [0.2, 0.25) is 0 Å². The van der Waals surface area contributed by atoms with E-state index in [2.05, 4.69) is 4.74 Å². The van der Waals surface area contributed by atoms with Crippen LogP contribution < -0.4 is 0 Å². The van der Waals surface area contributed by atoms with Crippen molar-refractivity contribution in [2.75, 3.05) is 24.4 Å². The molecule has 10 heteroatoms. The van der Waals surface area contributed by atoms with Gasteiger partial charge in [0.25, 0.3) is 6.47 Å². The molecule has 24 heavy (non-hydrogen) atoms. The van der Waals surface area contributed by atoms with Crippen molar-refractivity contribution in [3.8, 4) is 0 Å². The first-order chi connectivity index (χ1) is 11.0. The van der Waals surface area contributed by atoms with Crippen molar-refractivity contribution in [1.29, 1.82) is 0 Å². The van der Waals surface area contributed by atoms with E-state index in [1.165, 1.54) is 12.1 Å². The predicted molar refractivity (Wildman–Crippen MR) is 84.8 cm³/mol. The van der Waals surface area contributed by atoms with Crippen molar-refractivity contribution < 1.29 is 35.9 Å². The predicted octanol–water partition coefficient (Wildman–Crippen LogP) is -0.102. The van der Waals surface area contributed by atoms with Crippen LogP contribution in [0.3, 0.4) is 0 Å². The van der Waals surface area contributed by atoms with Crippen molar-refractivity contribution in [3.05, 3.63) is 29.8 Å². The quantitative estimate of drug-likeness (QED) is 0.431. The van der Waals surface area contributed by atoms with Gasteiger partial charge in [0.15, 0.2) is 19.7 Å². The number of sulfone groups is 2. The number of aryl methyl sites for hydroxylation is 1. The van der Waals surface area contributed by atoms with Crippen LogP contribution in [0.4, 0.5) is 0 Å². The zero-order valence-electron chi connectivity index (χ0n) is 13.2. The lowest BCUT2D eigenvalue weighted by atomic mass is 10.2. The maximum absolute atomic E-state index is 12.1. The molecule has 0 saturated heterocycles. The number of carbonyl (C=O) groups is 2. The van der Waals surface area contributed by atoms with Gasteiger partial charge in [0.05, 0.1) is 16.4 Å². The van der Waals surface area contributed by atoms with E-state index in [1.807, 2.05) is 6.92 Å². The fourth-order valence-electron chi connectivity index (χ4n) is 1.71. The lowest BCUT2D eigenvalue weighted by molar-refractivity contribution is -0.159. The third kappa shape index (κ3) is 6.67. The van der Waals surface area contributed by atoms with Gasteiger partial charge in [-0.15, -0.1) is 0 Å². The van der Waals surface area contributed by atoms with E-state index in [-0.39, 0.29) is 11.4 Å². The first-order valence-corrected chi connectivity index (χ1v) is 10.5. The third-order valence-corrected chi connectivity index (χ3v) is 5.52. The Morgan fingerprint density at radius 3 is 2.25 bits per heavy atom. The molecule has 0 aliphatic carbocycles. The lowest BCUT2D eigenvalue weighted by Gasteiger charge is -2.13. The fourth-order valence-corrected chi connectivity index (χ4v) is 3.57. The average molecular weight is 378 g/mol. The summed E-state index contributed by atoms with van der Waals surface area (Å²) in [4.78, 5) is 22.1. The van der Waals surface area contributed by atoms with Gasteiger partial charge in [0.2, 0.25) is 6.10 Å². The number of hydrogen-bond acceptors (Lipinski definition) is 8. The SMILES string of the molecule is Cc1ccc(S(=O)(=O)CCOC(=O)C(CS(C)(=O)=O)OC=O)cc1. The molecule has 0 amide bonds. The van der Waals surface area contributed by atoms with Crippen LogP contribution in [0.1, 0.15) is 5.56 Å². The summed E-state index contributed by atoms with van der Waals surface area (Å²) in [6, 6.07) is 6.15. The molecule has 1 aromatic rings. The van der Waals surface area contributed by atoms with Crippen molar-refractivity contribution in [3.63, 3.8) is 0 Å². The number of rotatable bonds is 9. The van der Waals surface area contributed by atoms with Crippen LogP contribution >= 0.6 is 0 Å². The van der Waals surface area contributed by atoms with Crippen molar-refractivity contribution in [2.24, 2.45) is 0 Å². The van der Waals surface area contributed by atoms with Gasteiger partial charge in [-0.25, -0.2) is 21.6 Å². The van der Waals surface area contributed by atoms with E-state index in [4.69, 9.17) is 4.74 Å². The molecule has 0 aromatic heterocycles. The van der Waals surface area contributed by atoms with Crippen LogP contribution in [0.25, 0.3) is 0 Å². The first kappa shape index (κ1) is 20.1. The minimum absolute atomic E-state index is 0.0693. The second-order valence-electron chi connectivity index (χ2n) is 5.11. The first-order valence-electron chi connectivity index (χ1n) is 6.78. The molecule has 8 nitrogen and oxygen atoms in total. The highest BCUT2D eigenvalue weighted by molar-refractivity contribution is 7.91. The van der Waals surface area contributed by atoms with Crippen LogP contribution in [0.5, 0.6) is 0 Å². The molecule has 0 N–H and O–H groups in total. The molecule has 0 aliphatic rings. The van der Waals surface area contributed by atoms with Gasteiger partial charge >= 0.3 is 5.97 Å². The Labute approximate surface area is 140 Å². The Kier molecular flexibility index (Phi) is 6.91. The van der Waals surface area contributed by atoms with E-state index in [0.717, 1.165) is 11.8 Å². The van der Waals surface area contributed by atoms with Crippen molar-refractivity contribution in [1.82, 2.24) is 0 Å². The van der Waals surface area contributed by atoms with E-state index in [9.17, 15) is 26.4 Å². The van der Waals surface area contributed by atoms with Crippen molar-refractivity contribution in [2.45, 2.75) is 17.9 Å². The Hall–Kier alpha value is -1.94. The van der Waals surface area contributed by atoms with E-state index < -0.39 is 49.9 Å². The van der Waals surface area contributed by atoms with Gasteiger partial charge in [-0.05, 0) is 19.1 Å². The zero-order chi connectivity index (χ0) is 18.4. The summed E-state index contributed by atoms with van der Waals surface area (Å²) < 4.78 is 55.6. The standard InChI is InChI=1S/C14H18O8S2/c1-11-3-5-12(6-4-11)24(19,20)8-7-21-14(16)13(22-10-15)9-23(2,17)18/h3-6,10,13H,7-9H2,1-2H3. The minimum Gasteiger partial charge on any atom is -0.462 e. The smallest absolute Gasteiger partial charge is 0.348 e. The molecule has 134 valence electrons. The molecule has 0 fully saturated rings. The maximum atomic E-state index is 12.1. The monoisotopic (exact) mass is 378 g/mol. The zero-order valence-corrected chi connectivity index (χ0v) is 14.8. The number of ether oxygens (including phenoxy) is 2.